The molecule has 21 heavy (non-hydrogen) atoms. The first-order chi connectivity index (χ1) is 10.2. The van der Waals surface area contributed by atoms with Crippen LogP contribution in [0.15, 0.2) is 18.2 Å². The number of nitrogens with one attached hydrogen (secondary N) is 1. The number of halogens is 1. The summed E-state index contributed by atoms with van der Waals surface area (Å²) >= 11 is 6.22. The van der Waals surface area contributed by atoms with Crippen LogP contribution < -0.4 is 10.1 Å². The fourth-order valence-corrected chi connectivity index (χ4v) is 3.42. The number of hydrogen-bond donors (Lipinski definition) is 1. The molecule has 2 saturated carbocycles. The quantitative estimate of drug-likeness (QED) is 0.806. The molecule has 2 aliphatic rings. The van der Waals surface area contributed by atoms with E-state index in [1.54, 1.807) is 0 Å². The van der Waals surface area contributed by atoms with Crippen molar-refractivity contribution in [2.24, 2.45) is 0 Å². The van der Waals surface area contributed by atoms with E-state index < -0.39 is 0 Å². The van der Waals surface area contributed by atoms with Crippen LogP contribution in [0.1, 0.15) is 63.4 Å². The van der Waals surface area contributed by atoms with Crippen LogP contribution in [0, 0.1) is 0 Å². The van der Waals surface area contributed by atoms with E-state index in [1.807, 2.05) is 6.07 Å². The van der Waals surface area contributed by atoms with Crippen molar-refractivity contribution in [3.63, 3.8) is 0 Å². The summed E-state index contributed by atoms with van der Waals surface area (Å²) in [5, 5.41) is 4.36. The maximum atomic E-state index is 6.22. The Morgan fingerprint density at radius 3 is 2.67 bits per heavy atom. The van der Waals surface area contributed by atoms with Gasteiger partial charge in [-0.25, -0.2) is 0 Å². The zero-order chi connectivity index (χ0) is 14.7. The summed E-state index contributed by atoms with van der Waals surface area (Å²) in [6, 6.07) is 6.86. The highest BCUT2D eigenvalue weighted by Crippen LogP contribution is 2.39. The Bertz CT molecular complexity index is 466. The largest absolute Gasteiger partial charge is 0.489 e. The third kappa shape index (κ3) is 4.37. The normalized spacial score (nSPS) is 21.2. The number of ether oxygens (including phenoxy) is 1. The molecule has 1 N–H and O–H groups in total. The number of benzene rings is 1. The summed E-state index contributed by atoms with van der Waals surface area (Å²) in [7, 11) is 0. The van der Waals surface area contributed by atoms with Crippen molar-refractivity contribution >= 4 is 11.6 Å². The second kappa shape index (κ2) is 7.02. The zero-order valence-corrected chi connectivity index (χ0v) is 13.7. The van der Waals surface area contributed by atoms with Crippen LogP contribution in [0.25, 0.3) is 0 Å². The van der Waals surface area contributed by atoms with E-state index in [1.165, 1.54) is 50.5 Å². The molecular formula is C18H26ClNO. The summed E-state index contributed by atoms with van der Waals surface area (Å²) in [5.74, 6) is 1.66. The summed E-state index contributed by atoms with van der Waals surface area (Å²) in [4.78, 5) is 0. The summed E-state index contributed by atoms with van der Waals surface area (Å²) in [5.41, 5.74) is 1.32. The molecular weight excluding hydrogens is 282 g/mol. The fraction of sp³-hybridized carbons (Fsp3) is 0.667. The molecule has 2 nitrogen and oxygen atoms in total. The Balaban J connectivity index is 1.67. The number of rotatable bonds is 6. The summed E-state index contributed by atoms with van der Waals surface area (Å²) in [6.45, 7) is 3.08. The predicted molar refractivity (Wildman–Crippen MR) is 88.4 cm³/mol. The van der Waals surface area contributed by atoms with E-state index in [4.69, 9.17) is 16.3 Å². The van der Waals surface area contributed by atoms with Gasteiger partial charge in [-0.1, -0.05) is 30.9 Å². The molecule has 0 bridgehead atoms. The molecule has 1 unspecified atom stereocenters. The van der Waals surface area contributed by atoms with E-state index >= 15 is 0 Å². The van der Waals surface area contributed by atoms with Gasteiger partial charge in [-0.3, -0.25) is 0 Å². The molecule has 2 fully saturated rings. The molecule has 3 heteroatoms. The molecule has 116 valence electrons. The van der Waals surface area contributed by atoms with Crippen LogP contribution in [0.3, 0.4) is 0 Å². The molecule has 1 atom stereocenters. The van der Waals surface area contributed by atoms with Crippen molar-refractivity contribution in [1.82, 2.24) is 5.32 Å². The first-order valence-electron chi connectivity index (χ1n) is 8.42. The van der Waals surface area contributed by atoms with Crippen molar-refractivity contribution in [3.05, 3.63) is 28.8 Å². The standard InChI is InChI=1S/C18H26ClNO/c1-13(12-20-16-8-9-16)21-18-10-7-15(19)11-17(18)14-5-3-2-4-6-14/h7,10-11,13-14,16,20H,2-6,8-9,12H2,1H3. The van der Waals surface area contributed by atoms with Gasteiger partial charge in [-0.15, -0.1) is 0 Å². The van der Waals surface area contributed by atoms with Gasteiger partial charge in [0.1, 0.15) is 11.9 Å². The van der Waals surface area contributed by atoms with Gasteiger partial charge in [0.2, 0.25) is 0 Å². The zero-order valence-electron chi connectivity index (χ0n) is 12.9. The van der Waals surface area contributed by atoms with Crippen LogP contribution in [0.5, 0.6) is 5.75 Å². The van der Waals surface area contributed by atoms with Gasteiger partial charge in [-0.05, 0) is 62.3 Å². The lowest BCUT2D eigenvalue weighted by molar-refractivity contribution is 0.212. The molecule has 0 heterocycles. The molecule has 0 radical (unpaired) electrons. The maximum absolute atomic E-state index is 6.22. The van der Waals surface area contributed by atoms with Crippen molar-refractivity contribution in [1.29, 1.82) is 0 Å². The van der Waals surface area contributed by atoms with E-state index in [0.29, 0.717) is 5.92 Å². The second-order valence-electron chi connectivity index (χ2n) is 6.63. The minimum atomic E-state index is 0.203. The van der Waals surface area contributed by atoms with Crippen molar-refractivity contribution < 1.29 is 4.74 Å². The third-order valence-corrected chi connectivity index (χ3v) is 4.85. The predicted octanol–water partition coefficient (Wildman–Crippen LogP) is 4.91. The Morgan fingerprint density at radius 2 is 1.95 bits per heavy atom. The highest BCUT2D eigenvalue weighted by atomic mass is 35.5. The van der Waals surface area contributed by atoms with Gasteiger partial charge >= 0.3 is 0 Å². The molecule has 2 aliphatic carbocycles. The molecule has 0 saturated heterocycles. The van der Waals surface area contributed by atoms with Gasteiger partial charge in [0, 0.05) is 17.6 Å². The van der Waals surface area contributed by atoms with E-state index in [2.05, 4.69) is 24.4 Å². The molecule has 0 aliphatic heterocycles. The van der Waals surface area contributed by atoms with Gasteiger partial charge in [-0.2, -0.15) is 0 Å². The molecule has 0 aromatic heterocycles. The van der Waals surface area contributed by atoms with Crippen molar-refractivity contribution in [3.8, 4) is 5.75 Å². The average Bonchev–Trinajstić information content (AvgIpc) is 3.32. The van der Waals surface area contributed by atoms with Crippen molar-refractivity contribution in [2.75, 3.05) is 6.54 Å². The fourth-order valence-electron chi connectivity index (χ4n) is 3.24. The van der Waals surface area contributed by atoms with E-state index in [0.717, 1.165) is 23.4 Å². The maximum Gasteiger partial charge on any atom is 0.123 e. The smallest absolute Gasteiger partial charge is 0.123 e. The lowest BCUT2D eigenvalue weighted by Gasteiger charge is -2.26. The van der Waals surface area contributed by atoms with Gasteiger partial charge < -0.3 is 10.1 Å². The number of hydrogen-bond acceptors (Lipinski definition) is 2. The topological polar surface area (TPSA) is 21.3 Å². The van der Waals surface area contributed by atoms with Gasteiger partial charge in [0.25, 0.3) is 0 Å². The molecule has 1 aromatic carbocycles. The lowest BCUT2D eigenvalue weighted by Crippen LogP contribution is -2.30. The van der Waals surface area contributed by atoms with Gasteiger partial charge in [0.15, 0.2) is 0 Å². The Hall–Kier alpha value is -0.730. The van der Waals surface area contributed by atoms with Gasteiger partial charge in [0.05, 0.1) is 0 Å². The third-order valence-electron chi connectivity index (χ3n) is 4.62. The Kier molecular flexibility index (Phi) is 5.07. The first kappa shape index (κ1) is 15.2. The van der Waals surface area contributed by atoms with Crippen LogP contribution in [-0.4, -0.2) is 18.7 Å². The Labute approximate surface area is 133 Å². The van der Waals surface area contributed by atoms with E-state index in [9.17, 15) is 0 Å². The molecule has 0 spiro atoms. The monoisotopic (exact) mass is 307 g/mol. The minimum Gasteiger partial charge on any atom is -0.489 e. The summed E-state index contributed by atoms with van der Waals surface area (Å²) in [6.07, 6.45) is 9.41. The van der Waals surface area contributed by atoms with Crippen LogP contribution in [0.4, 0.5) is 0 Å². The second-order valence-corrected chi connectivity index (χ2v) is 7.06. The first-order valence-corrected chi connectivity index (χ1v) is 8.79. The van der Waals surface area contributed by atoms with Crippen LogP contribution in [-0.2, 0) is 0 Å². The molecule has 3 rings (SSSR count). The molecule has 1 aromatic rings. The highest BCUT2D eigenvalue weighted by Gasteiger charge is 2.23. The van der Waals surface area contributed by atoms with Crippen LogP contribution >= 0.6 is 11.6 Å². The Morgan fingerprint density at radius 1 is 1.19 bits per heavy atom. The SMILES string of the molecule is CC(CNC1CC1)Oc1ccc(Cl)cc1C1CCCCC1. The average molecular weight is 308 g/mol. The van der Waals surface area contributed by atoms with Crippen molar-refractivity contribution in [2.45, 2.75) is 69.9 Å². The lowest BCUT2D eigenvalue weighted by atomic mass is 9.83. The van der Waals surface area contributed by atoms with Crippen LogP contribution in [0.2, 0.25) is 5.02 Å². The summed E-state index contributed by atoms with van der Waals surface area (Å²) < 4.78 is 6.21. The minimum absolute atomic E-state index is 0.203. The molecule has 0 amide bonds. The van der Waals surface area contributed by atoms with E-state index in [-0.39, 0.29) is 6.10 Å². The highest BCUT2D eigenvalue weighted by molar-refractivity contribution is 6.30.